The molecule has 2 heteroatoms. The average Bonchev–Trinajstić information content (AvgIpc) is 2.53. The first kappa shape index (κ1) is 15.7. The molecule has 0 bridgehead atoms. The Hall–Kier alpha value is -1.64. The van der Waals surface area contributed by atoms with E-state index in [1.165, 1.54) is 24.0 Å². The van der Waals surface area contributed by atoms with Crippen molar-refractivity contribution in [3.8, 4) is 0 Å². The number of aryl methyl sites for hydroxylation is 2. The number of benzene rings is 2. The van der Waals surface area contributed by atoms with Crippen LogP contribution in [0, 0.1) is 0 Å². The molecular formula is C19H25NO. The fraction of sp³-hybridized carbons (Fsp3) is 0.368. The summed E-state index contributed by atoms with van der Waals surface area (Å²) in [7, 11) is 0. The molecule has 3 N–H and O–H groups in total. The lowest BCUT2D eigenvalue weighted by molar-refractivity contribution is 0.170. The van der Waals surface area contributed by atoms with Crippen molar-refractivity contribution in [2.24, 2.45) is 5.73 Å². The lowest BCUT2D eigenvalue weighted by Gasteiger charge is -2.11. The van der Waals surface area contributed by atoms with Crippen LogP contribution >= 0.6 is 0 Å². The Morgan fingerprint density at radius 1 is 0.857 bits per heavy atom. The zero-order valence-electron chi connectivity index (χ0n) is 12.5. The predicted molar refractivity (Wildman–Crippen MR) is 88.2 cm³/mol. The number of nitrogens with two attached hydrogens (primary N) is 1. The minimum Gasteiger partial charge on any atom is -0.388 e. The van der Waals surface area contributed by atoms with Gasteiger partial charge in [0.25, 0.3) is 0 Å². The van der Waals surface area contributed by atoms with E-state index >= 15 is 0 Å². The first-order valence-electron chi connectivity index (χ1n) is 7.80. The third-order valence-corrected chi connectivity index (χ3v) is 3.80. The Bertz CT molecular complexity index is 524. The summed E-state index contributed by atoms with van der Waals surface area (Å²) in [6.07, 6.45) is 4.76. The van der Waals surface area contributed by atoms with E-state index in [4.69, 9.17) is 5.73 Å². The number of rotatable bonds is 8. The van der Waals surface area contributed by atoms with Crippen LogP contribution < -0.4 is 5.73 Å². The minimum atomic E-state index is -0.431. The summed E-state index contributed by atoms with van der Waals surface area (Å²) in [5, 5.41) is 9.99. The van der Waals surface area contributed by atoms with Crippen LogP contribution in [0.2, 0.25) is 0 Å². The van der Waals surface area contributed by atoms with E-state index in [-0.39, 0.29) is 0 Å². The molecule has 0 amide bonds. The third-order valence-electron chi connectivity index (χ3n) is 3.80. The zero-order valence-corrected chi connectivity index (χ0v) is 12.5. The van der Waals surface area contributed by atoms with Crippen molar-refractivity contribution in [3.63, 3.8) is 0 Å². The highest BCUT2D eigenvalue weighted by molar-refractivity contribution is 5.25. The van der Waals surface area contributed by atoms with Gasteiger partial charge in [0.2, 0.25) is 0 Å². The highest BCUT2D eigenvalue weighted by atomic mass is 16.3. The molecule has 2 aromatic rings. The molecule has 1 atom stereocenters. The van der Waals surface area contributed by atoms with Crippen LogP contribution in [0.25, 0.3) is 0 Å². The number of unbranched alkanes of at least 4 members (excludes halogenated alkanes) is 1. The van der Waals surface area contributed by atoms with E-state index in [0.717, 1.165) is 18.4 Å². The quantitative estimate of drug-likeness (QED) is 0.727. The Labute approximate surface area is 127 Å². The fourth-order valence-electron chi connectivity index (χ4n) is 2.58. The fourth-order valence-corrected chi connectivity index (χ4v) is 2.58. The molecule has 21 heavy (non-hydrogen) atoms. The predicted octanol–water partition coefficient (Wildman–Crippen LogP) is 3.63. The summed E-state index contributed by atoms with van der Waals surface area (Å²) in [6, 6.07) is 18.9. The van der Waals surface area contributed by atoms with Gasteiger partial charge in [-0.15, -0.1) is 0 Å². The second-order valence-corrected chi connectivity index (χ2v) is 5.53. The highest BCUT2D eigenvalue weighted by Gasteiger charge is 2.06. The molecule has 2 aromatic carbocycles. The third kappa shape index (κ3) is 5.33. The van der Waals surface area contributed by atoms with Gasteiger partial charge >= 0.3 is 0 Å². The van der Waals surface area contributed by atoms with Crippen molar-refractivity contribution in [2.45, 2.75) is 38.2 Å². The van der Waals surface area contributed by atoms with E-state index in [1.54, 1.807) is 0 Å². The minimum absolute atomic E-state index is 0.431. The maximum atomic E-state index is 9.99. The molecule has 2 nitrogen and oxygen atoms in total. The molecule has 0 unspecified atom stereocenters. The van der Waals surface area contributed by atoms with Crippen molar-refractivity contribution in [1.29, 1.82) is 0 Å². The van der Waals surface area contributed by atoms with Gasteiger partial charge in [-0.25, -0.2) is 0 Å². The van der Waals surface area contributed by atoms with Gasteiger partial charge in [0, 0.05) is 0 Å². The first-order chi connectivity index (χ1) is 10.3. The second-order valence-electron chi connectivity index (χ2n) is 5.53. The maximum Gasteiger partial charge on any atom is 0.0802 e. The molecule has 0 aliphatic heterocycles. The summed E-state index contributed by atoms with van der Waals surface area (Å²) in [6.45, 7) is 0.516. The van der Waals surface area contributed by atoms with Gasteiger partial charge in [0.05, 0.1) is 6.10 Å². The Kier molecular flexibility index (Phi) is 6.45. The Morgan fingerprint density at radius 2 is 1.52 bits per heavy atom. The van der Waals surface area contributed by atoms with Crippen molar-refractivity contribution < 1.29 is 5.11 Å². The molecule has 0 saturated carbocycles. The standard InChI is InChI=1S/C19H25NO/c20-14-13-19(21)18-12-6-11-17(15-18)10-5-4-9-16-7-2-1-3-8-16/h1-3,6-8,11-12,15,19,21H,4-5,9-10,13-14,20H2/t19-/m1/s1. The number of aliphatic hydroxyl groups excluding tert-OH is 1. The molecule has 112 valence electrons. The maximum absolute atomic E-state index is 9.99. The smallest absolute Gasteiger partial charge is 0.0802 e. The largest absolute Gasteiger partial charge is 0.388 e. The summed E-state index contributed by atoms with van der Waals surface area (Å²) >= 11 is 0. The summed E-state index contributed by atoms with van der Waals surface area (Å²) in [4.78, 5) is 0. The van der Waals surface area contributed by atoms with E-state index < -0.39 is 6.10 Å². The Morgan fingerprint density at radius 3 is 2.24 bits per heavy atom. The van der Waals surface area contributed by atoms with Gasteiger partial charge in [-0.1, -0.05) is 54.6 Å². The van der Waals surface area contributed by atoms with Crippen LogP contribution in [0.5, 0.6) is 0 Å². The highest BCUT2D eigenvalue weighted by Crippen LogP contribution is 2.18. The van der Waals surface area contributed by atoms with E-state index in [1.807, 2.05) is 12.1 Å². The van der Waals surface area contributed by atoms with Crippen LogP contribution in [-0.2, 0) is 12.8 Å². The van der Waals surface area contributed by atoms with Gasteiger partial charge < -0.3 is 10.8 Å². The van der Waals surface area contributed by atoms with E-state index in [9.17, 15) is 5.11 Å². The second kappa shape index (κ2) is 8.60. The van der Waals surface area contributed by atoms with Gasteiger partial charge in [-0.2, -0.15) is 0 Å². The van der Waals surface area contributed by atoms with Crippen molar-refractivity contribution in [2.75, 3.05) is 6.54 Å². The molecule has 0 spiro atoms. The van der Waals surface area contributed by atoms with Gasteiger partial charge in [-0.3, -0.25) is 0 Å². The van der Waals surface area contributed by atoms with Crippen LogP contribution in [0.15, 0.2) is 54.6 Å². The number of aliphatic hydroxyl groups is 1. The van der Waals surface area contributed by atoms with Gasteiger partial charge in [0.15, 0.2) is 0 Å². The summed E-state index contributed by atoms with van der Waals surface area (Å²) in [5.74, 6) is 0. The van der Waals surface area contributed by atoms with Gasteiger partial charge in [-0.05, 0) is 55.3 Å². The molecule has 0 fully saturated rings. The van der Waals surface area contributed by atoms with Crippen molar-refractivity contribution in [3.05, 3.63) is 71.3 Å². The molecule has 2 rings (SSSR count). The molecule has 0 aromatic heterocycles. The van der Waals surface area contributed by atoms with E-state index in [2.05, 4.69) is 42.5 Å². The molecule has 0 aliphatic carbocycles. The average molecular weight is 283 g/mol. The van der Waals surface area contributed by atoms with Crippen LogP contribution in [0.4, 0.5) is 0 Å². The molecule has 0 saturated heterocycles. The first-order valence-corrected chi connectivity index (χ1v) is 7.80. The number of hydrogen-bond donors (Lipinski definition) is 2. The Balaban J connectivity index is 1.79. The monoisotopic (exact) mass is 283 g/mol. The van der Waals surface area contributed by atoms with Crippen LogP contribution in [-0.4, -0.2) is 11.7 Å². The lowest BCUT2D eigenvalue weighted by atomic mass is 9.99. The van der Waals surface area contributed by atoms with E-state index in [0.29, 0.717) is 13.0 Å². The number of hydrogen-bond acceptors (Lipinski definition) is 2. The summed E-state index contributed by atoms with van der Waals surface area (Å²) in [5.41, 5.74) is 9.19. The van der Waals surface area contributed by atoms with Crippen LogP contribution in [0.1, 0.15) is 42.1 Å². The van der Waals surface area contributed by atoms with Crippen molar-refractivity contribution >= 4 is 0 Å². The molecule has 0 radical (unpaired) electrons. The van der Waals surface area contributed by atoms with Crippen molar-refractivity contribution in [1.82, 2.24) is 0 Å². The molecule has 0 heterocycles. The zero-order chi connectivity index (χ0) is 14.9. The molecule has 0 aliphatic rings. The topological polar surface area (TPSA) is 46.2 Å². The summed E-state index contributed by atoms with van der Waals surface area (Å²) < 4.78 is 0. The van der Waals surface area contributed by atoms with Crippen LogP contribution in [0.3, 0.4) is 0 Å². The lowest BCUT2D eigenvalue weighted by Crippen LogP contribution is -2.06. The SMILES string of the molecule is NCC[C@@H](O)c1cccc(CCCCc2ccccc2)c1. The molecular weight excluding hydrogens is 258 g/mol. The van der Waals surface area contributed by atoms with Gasteiger partial charge in [0.1, 0.15) is 0 Å². The normalized spacial score (nSPS) is 12.3.